The molecule has 0 aliphatic rings. The summed E-state index contributed by atoms with van der Waals surface area (Å²) in [5.74, 6) is 0. The van der Waals surface area contributed by atoms with Crippen LogP contribution >= 0.6 is 0 Å². The minimum atomic E-state index is 1.08. The van der Waals surface area contributed by atoms with Crippen molar-refractivity contribution in [2.75, 3.05) is 0 Å². The maximum atomic E-state index is 2.36. The molecular weight excluding hydrogens is 276 g/mol. The van der Waals surface area contributed by atoms with Crippen LogP contribution in [0.4, 0.5) is 0 Å². The van der Waals surface area contributed by atoms with Gasteiger partial charge in [-0.3, -0.25) is 0 Å². The zero-order chi connectivity index (χ0) is 16.8. The largest absolute Gasteiger partial charge is 0.0885 e. The van der Waals surface area contributed by atoms with Crippen molar-refractivity contribution < 1.29 is 0 Å². The molecule has 0 fully saturated rings. The molecule has 0 heterocycles. The van der Waals surface area contributed by atoms with Crippen LogP contribution in [0.25, 0.3) is 0 Å². The monoisotopic (exact) mass is 318 g/mol. The van der Waals surface area contributed by atoms with Crippen LogP contribution in [0.15, 0.2) is 36.5 Å². The van der Waals surface area contributed by atoms with Crippen LogP contribution in [0.3, 0.4) is 0 Å². The first-order valence-corrected chi connectivity index (χ1v) is 10.4. The fraction of sp³-hybridized carbons (Fsp3) is 0.739. The van der Waals surface area contributed by atoms with Gasteiger partial charge in [-0.1, -0.05) is 115 Å². The molecule has 0 saturated carbocycles. The molecule has 0 aliphatic carbocycles. The zero-order valence-electron chi connectivity index (χ0n) is 16.1. The van der Waals surface area contributed by atoms with Crippen molar-refractivity contribution in [3.8, 4) is 0 Å². The van der Waals surface area contributed by atoms with E-state index in [1.165, 1.54) is 77.0 Å². The Labute approximate surface area is 147 Å². The summed E-state index contributed by atoms with van der Waals surface area (Å²) in [6, 6.07) is 0. The summed E-state index contributed by atoms with van der Waals surface area (Å²) in [6.45, 7) is 4.47. The van der Waals surface area contributed by atoms with E-state index in [0.29, 0.717) is 0 Å². The first-order valence-electron chi connectivity index (χ1n) is 10.4. The Kier molecular flexibility index (Phi) is 20.5. The molecule has 0 N–H and O–H groups in total. The lowest BCUT2D eigenvalue weighted by atomic mass is 10.1. The first kappa shape index (κ1) is 22.2. The highest BCUT2D eigenvalue weighted by Gasteiger charge is 1.92. The van der Waals surface area contributed by atoms with Gasteiger partial charge in [-0.15, -0.1) is 0 Å². The van der Waals surface area contributed by atoms with Crippen molar-refractivity contribution in [1.29, 1.82) is 0 Å². The van der Waals surface area contributed by atoms with Crippen LogP contribution in [-0.4, -0.2) is 0 Å². The van der Waals surface area contributed by atoms with Crippen LogP contribution in [0, 0.1) is 0 Å². The van der Waals surface area contributed by atoms with Gasteiger partial charge in [0, 0.05) is 0 Å². The summed E-state index contributed by atoms with van der Waals surface area (Å²) >= 11 is 0. The Balaban J connectivity index is 3.14. The summed E-state index contributed by atoms with van der Waals surface area (Å²) in [5, 5.41) is 0. The fourth-order valence-corrected chi connectivity index (χ4v) is 2.75. The van der Waals surface area contributed by atoms with Gasteiger partial charge < -0.3 is 0 Å². The van der Waals surface area contributed by atoms with E-state index in [4.69, 9.17) is 0 Å². The molecule has 0 radical (unpaired) electrons. The number of hydrogen-bond acceptors (Lipinski definition) is 0. The minimum Gasteiger partial charge on any atom is -0.0885 e. The van der Waals surface area contributed by atoms with Crippen molar-refractivity contribution in [2.45, 2.75) is 110 Å². The minimum absolute atomic E-state index is 1.08. The van der Waals surface area contributed by atoms with E-state index in [1.807, 2.05) is 0 Å². The van der Waals surface area contributed by atoms with Gasteiger partial charge in [-0.25, -0.2) is 0 Å². The van der Waals surface area contributed by atoms with Gasteiger partial charge in [0.1, 0.15) is 0 Å². The summed E-state index contributed by atoms with van der Waals surface area (Å²) in [5.41, 5.74) is 0. The Bertz CT molecular complexity index is 282. The van der Waals surface area contributed by atoms with Crippen LogP contribution in [0.1, 0.15) is 110 Å². The van der Waals surface area contributed by atoms with E-state index in [-0.39, 0.29) is 0 Å². The predicted molar refractivity (Wildman–Crippen MR) is 108 cm³/mol. The second-order valence-corrected chi connectivity index (χ2v) is 6.62. The van der Waals surface area contributed by atoms with E-state index >= 15 is 0 Å². The molecule has 0 bridgehead atoms. The van der Waals surface area contributed by atoms with Gasteiger partial charge in [-0.2, -0.15) is 0 Å². The second-order valence-electron chi connectivity index (χ2n) is 6.62. The van der Waals surface area contributed by atoms with E-state index in [9.17, 15) is 0 Å². The molecule has 0 spiro atoms. The average Bonchev–Trinajstić information content (AvgIpc) is 2.57. The Morgan fingerprint density at radius 2 is 0.870 bits per heavy atom. The molecule has 0 amide bonds. The Morgan fingerprint density at radius 1 is 0.435 bits per heavy atom. The van der Waals surface area contributed by atoms with Crippen molar-refractivity contribution >= 4 is 0 Å². The standard InChI is InChI=1S/C23H42/c1-3-5-7-9-11-13-15-17-19-21-23-22-20-18-16-14-12-10-8-6-4-2/h5,7,11,13,17,19H,3-4,6,8-10,12,14-16,18,20-23H2,1-2H3/b7-5+,13-11+,19-17+. The third kappa shape index (κ3) is 21.2. The molecule has 0 aliphatic heterocycles. The van der Waals surface area contributed by atoms with Crippen molar-refractivity contribution in [2.24, 2.45) is 0 Å². The SMILES string of the molecule is CC/C=C/C/C=C/C/C=C/CCCCCCCCCCCCC. The molecule has 0 atom stereocenters. The van der Waals surface area contributed by atoms with Gasteiger partial charge >= 0.3 is 0 Å². The molecule has 23 heavy (non-hydrogen) atoms. The second kappa shape index (κ2) is 21.2. The fourth-order valence-electron chi connectivity index (χ4n) is 2.75. The summed E-state index contributed by atoms with van der Waals surface area (Å²) < 4.78 is 0. The van der Waals surface area contributed by atoms with Gasteiger partial charge in [0.05, 0.1) is 0 Å². The quantitative estimate of drug-likeness (QED) is 0.186. The smallest absolute Gasteiger partial charge is 0.0169 e. The molecule has 0 unspecified atom stereocenters. The number of rotatable bonds is 17. The van der Waals surface area contributed by atoms with E-state index in [0.717, 1.165) is 19.3 Å². The molecule has 0 aromatic heterocycles. The highest BCUT2D eigenvalue weighted by atomic mass is 14.0. The third-order valence-electron chi connectivity index (χ3n) is 4.25. The van der Waals surface area contributed by atoms with Crippen molar-refractivity contribution in [3.63, 3.8) is 0 Å². The van der Waals surface area contributed by atoms with Crippen LogP contribution in [0.5, 0.6) is 0 Å². The highest BCUT2D eigenvalue weighted by molar-refractivity contribution is 4.96. The summed E-state index contributed by atoms with van der Waals surface area (Å²) in [4.78, 5) is 0. The average molecular weight is 319 g/mol. The summed E-state index contributed by atoms with van der Waals surface area (Å²) in [6.07, 6.45) is 34.0. The topological polar surface area (TPSA) is 0 Å². The van der Waals surface area contributed by atoms with Crippen molar-refractivity contribution in [3.05, 3.63) is 36.5 Å². The van der Waals surface area contributed by atoms with Gasteiger partial charge in [0.2, 0.25) is 0 Å². The predicted octanol–water partition coefficient (Wildman–Crippen LogP) is 8.55. The summed E-state index contributed by atoms with van der Waals surface area (Å²) in [7, 11) is 0. The number of hydrogen-bond donors (Lipinski definition) is 0. The molecule has 0 rings (SSSR count). The molecule has 0 aromatic carbocycles. The van der Waals surface area contributed by atoms with Gasteiger partial charge in [0.25, 0.3) is 0 Å². The normalized spacial score (nSPS) is 12.3. The molecule has 0 aromatic rings. The van der Waals surface area contributed by atoms with Gasteiger partial charge in [-0.05, 0) is 32.1 Å². The number of allylic oxidation sites excluding steroid dienone is 6. The molecule has 0 nitrogen and oxygen atoms in total. The lowest BCUT2D eigenvalue weighted by Crippen LogP contribution is -1.81. The van der Waals surface area contributed by atoms with Crippen molar-refractivity contribution in [1.82, 2.24) is 0 Å². The highest BCUT2D eigenvalue weighted by Crippen LogP contribution is 2.12. The third-order valence-corrected chi connectivity index (χ3v) is 4.25. The lowest BCUT2D eigenvalue weighted by Gasteiger charge is -2.01. The zero-order valence-corrected chi connectivity index (χ0v) is 16.1. The molecule has 134 valence electrons. The molecular formula is C23H42. The van der Waals surface area contributed by atoms with E-state index in [1.54, 1.807) is 0 Å². The Hall–Kier alpha value is -0.780. The van der Waals surface area contributed by atoms with E-state index in [2.05, 4.69) is 50.3 Å². The lowest BCUT2D eigenvalue weighted by molar-refractivity contribution is 0.550. The van der Waals surface area contributed by atoms with Crippen LogP contribution in [-0.2, 0) is 0 Å². The van der Waals surface area contributed by atoms with Crippen LogP contribution in [0.2, 0.25) is 0 Å². The maximum Gasteiger partial charge on any atom is -0.0169 e. The molecule has 0 heteroatoms. The first-order chi connectivity index (χ1) is 11.4. The van der Waals surface area contributed by atoms with E-state index < -0.39 is 0 Å². The van der Waals surface area contributed by atoms with Gasteiger partial charge in [0.15, 0.2) is 0 Å². The molecule has 0 saturated heterocycles. The van der Waals surface area contributed by atoms with Crippen LogP contribution < -0.4 is 0 Å². The Morgan fingerprint density at radius 3 is 1.39 bits per heavy atom. The number of unbranched alkanes of at least 4 members (excludes halogenated alkanes) is 11. The maximum absolute atomic E-state index is 2.36.